The molecule has 0 aliphatic carbocycles. The molecule has 0 fully saturated rings. The molecule has 84 valence electrons. The number of aromatic amines is 1. The van der Waals surface area contributed by atoms with Gasteiger partial charge in [0.15, 0.2) is 0 Å². The minimum Gasteiger partial charge on any atom is -0.268 e. The van der Waals surface area contributed by atoms with Gasteiger partial charge >= 0.3 is 0 Å². The fourth-order valence-electron chi connectivity index (χ4n) is 1.47. The van der Waals surface area contributed by atoms with E-state index in [1.54, 1.807) is 19.1 Å². The summed E-state index contributed by atoms with van der Waals surface area (Å²) in [6.45, 7) is 1.78. The Balaban J connectivity index is 2.74. The molecular weight excluding hydrogens is 270 g/mol. The summed E-state index contributed by atoms with van der Waals surface area (Å²) in [6.07, 6.45) is 0. The molecule has 16 heavy (non-hydrogen) atoms. The van der Waals surface area contributed by atoms with Crippen LogP contribution < -0.4 is 5.56 Å². The average molecular weight is 278 g/mol. The summed E-state index contributed by atoms with van der Waals surface area (Å²) in [6, 6.07) is 4.60. The molecule has 0 spiro atoms. The zero-order valence-electron chi connectivity index (χ0n) is 8.22. The van der Waals surface area contributed by atoms with Crippen molar-refractivity contribution in [2.24, 2.45) is 0 Å². The molecule has 0 saturated carbocycles. The first-order valence-electron chi connectivity index (χ1n) is 4.42. The van der Waals surface area contributed by atoms with E-state index in [1.165, 1.54) is 10.7 Å². The SMILES string of the molecule is Cc1cc(=O)[nH]n1-c1c(Cl)cc(Cl)cc1Cl. The predicted molar refractivity (Wildman–Crippen MR) is 66.2 cm³/mol. The van der Waals surface area contributed by atoms with E-state index in [0.29, 0.717) is 20.8 Å². The number of nitrogens with zero attached hydrogens (tertiary/aromatic N) is 1. The Morgan fingerprint density at radius 2 is 1.69 bits per heavy atom. The summed E-state index contributed by atoms with van der Waals surface area (Å²) in [4.78, 5) is 11.2. The number of benzene rings is 1. The van der Waals surface area contributed by atoms with Crippen LogP contribution in [0.25, 0.3) is 5.69 Å². The van der Waals surface area contributed by atoms with Gasteiger partial charge in [-0.2, -0.15) is 0 Å². The van der Waals surface area contributed by atoms with Crippen LogP contribution in [0.4, 0.5) is 0 Å². The molecule has 6 heteroatoms. The van der Waals surface area contributed by atoms with E-state index in [9.17, 15) is 4.79 Å². The Bertz CT molecular complexity index is 577. The van der Waals surface area contributed by atoms with Crippen molar-refractivity contribution in [2.75, 3.05) is 0 Å². The van der Waals surface area contributed by atoms with Gasteiger partial charge in [0, 0.05) is 16.8 Å². The number of hydrogen-bond donors (Lipinski definition) is 1. The van der Waals surface area contributed by atoms with E-state index >= 15 is 0 Å². The van der Waals surface area contributed by atoms with Crippen LogP contribution in [0.3, 0.4) is 0 Å². The molecule has 1 heterocycles. The highest BCUT2D eigenvalue weighted by molar-refractivity contribution is 6.40. The maximum absolute atomic E-state index is 11.2. The van der Waals surface area contributed by atoms with E-state index in [2.05, 4.69) is 5.10 Å². The highest BCUT2D eigenvalue weighted by Gasteiger charge is 2.12. The summed E-state index contributed by atoms with van der Waals surface area (Å²) < 4.78 is 1.53. The molecule has 0 radical (unpaired) electrons. The summed E-state index contributed by atoms with van der Waals surface area (Å²) >= 11 is 17.9. The third-order valence-corrected chi connectivity index (χ3v) is 2.91. The van der Waals surface area contributed by atoms with Crippen LogP contribution >= 0.6 is 34.8 Å². The molecule has 0 saturated heterocycles. The Labute approximate surface area is 107 Å². The molecule has 1 aromatic carbocycles. The van der Waals surface area contributed by atoms with Gasteiger partial charge in [-0.05, 0) is 19.1 Å². The molecule has 2 rings (SSSR count). The van der Waals surface area contributed by atoms with Gasteiger partial charge in [-0.15, -0.1) is 0 Å². The molecule has 0 amide bonds. The minimum atomic E-state index is -0.209. The highest BCUT2D eigenvalue weighted by atomic mass is 35.5. The molecule has 2 aromatic rings. The number of hydrogen-bond acceptors (Lipinski definition) is 1. The lowest BCUT2D eigenvalue weighted by atomic mass is 10.3. The smallest absolute Gasteiger partial charge is 0.264 e. The van der Waals surface area contributed by atoms with E-state index in [4.69, 9.17) is 34.8 Å². The maximum atomic E-state index is 11.2. The number of aromatic nitrogens is 2. The number of halogens is 3. The highest BCUT2D eigenvalue weighted by Crippen LogP contribution is 2.31. The summed E-state index contributed by atoms with van der Waals surface area (Å²) in [5, 5.41) is 3.82. The summed E-state index contributed by atoms with van der Waals surface area (Å²) in [7, 11) is 0. The predicted octanol–water partition coefficient (Wildman–Crippen LogP) is 3.43. The Kier molecular flexibility index (Phi) is 3.02. The standard InChI is InChI=1S/C10H7Cl3N2O/c1-5-2-9(16)14-15(5)10-7(12)3-6(11)4-8(10)13/h2-4H,1H3,(H,14,16). The largest absolute Gasteiger partial charge is 0.268 e. The van der Waals surface area contributed by atoms with Crippen molar-refractivity contribution in [3.8, 4) is 5.69 Å². The Hall–Kier alpha value is -0.900. The molecule has 1 N–H and O–H groups in total. The molecule has 0 aliphatic heterocycles. The van der Waals surface area contributed by atoms with Crippen LogP contribution in [0.2, 0.25) is 15.1 Å². The van der Waals surface area contributed by atoms with E-state index in [-0.39, 0.29) is 5.56 Å². The normalized spacial score (nSPS) is 10.8. The second kappa shape index (κ2) is 4.17. The van der Waals surface area contributed by atoms with Crippen LogP contribution in [0, 0.1) is 6.92 Å². The first-order chi connectivity index (χ1) is 7.49. The summed E-state index contributed by atoms with van der Waals surface area (Å²) in [5.74, 6) is 0. The van der Waals surface area contributed by atoms with Crippen molar-refractivity contribution in [3.05, 3.63) is 49.3 Å². The zero-order valence-corrected chi connectivity index (χ0v) is 10.5. The lowest BCUT2D eigenvalue weighted by Gasteiger charge is -2.10. The third-order valence-electron chi connectivity index (χ3n) is 2.12. The topological polar surface area (TPSA) is 37.8 Å². The average Bonchev–Trinajstić information content (AvgIpc) is 2.43. The Morgan fingerprint density at radius 3 is 2.12 bits per heavy atom. The number of nitrogens with one attached hydrogen (secondary N) is 1. The van der Waals surface area contributed by atoms with Crippen LogP contribution in [0.5, 0.6) is 0 Å². The molecular formula is C10H7Cl3N2O. The minimum absolute atomic E-state index is 0.209. The quantitative estimate of drug-likeness (QED) is 0.852. The first kappa shape index (κ1) is 11.6. The van der Waals surface area contributed by atoms with Gasteiger partial charge in [0.25, 0.3) is 5.56 Å². The second-order valence-corrected chi connectivity index (χ2v) is 4.57. The van der Waals surface area contributed by atoms with Crippen LogP contribution in [0.15, 0.2) is 23.0 Å². The zero-order chi connectivity index (χ0) is 11.9. The van der Waals surface area contributed by atoms with Gasteiger partial charge in [-0.3, -0.25) is 14.6 Å². The molecule has 0 atom stereocenters. The van der Waals surface area contributed by atoms with Crippen LogP contribution in [-0.4, -0.2) is 9.78 Å². The number of aryl methyl sites for hydroxylation is 1. The van der Waals surface area contributed by atoms with E-state index in [0.717, 1.165) is 5.69 Å². The van der Waals surface area contributed by atoms with Crippen LogP contribution in [0.1, 0.15) is 5.69 Å². The first-order valence-corrected chi connectivity index (χ1v) is 5.56. The van der Waals surface area contributed by atoms with Crippen molar-refractivity contribution >= 4 is 34.8 Å². The van der Waals surface area contributed by atoms with Gasteiger partial charge in [0.1, 0.15) is 5.69 Å². The fourth-order valence-corrected chi connectivity index (χ4v) is 2.45. The Morgan fingerprint density at radius 1 is 1.12 bits per heavy atom. The van der Waals surface area contributed by atoms with Gasteiger partial charge < -0.3 is 0 Å². The van der Waals surface area contributed by atoms with Gasteiger partial charge in [0.2, 0.25) is 0 Å². The molecule has 1 aromatic heterocycles. The van der Waals surface area contributed by atoms with E-state index in [1.807, 2.05) is 0 Å². The molecule has 0 aliphatic rings. The third kappa shape index (κ3) is 1.98. The lowest BCUT2D eigenvalue weighted by Crippen LogP contribution is -2.05. The van der Waals surface area contributed by atoms with Crippen molar-refractivity contribution in [2.45, 2.75) is 6.92 Å². The number of H-pyrrole nitrogens is 1. The number of rotatable bonds is 1. The van der Waals surface area contributed by atoms with Crippen molar-refractivity contribution < 1.29 is 0 Å². The van der Waals surface area contributed by atoms with Crippen molar-refractivity contribution in [1.29, 1.82) is 0 Å². The van der Waals surface area contributed by atoms with Crippen molar-refractivity contribution in [3.63, 3.8) is 0 Å². The van der Waals surface area contributed by atoms with Gasteiger partial charge in [-0.25, -0.2) is 0 Å². The fraction of sp³-hybridized carbons (Fsp3) is 0.100. The molecule has 0 bridgehead atoms. The van der Waals surface area contributed by atoms with Crippen molar-refractivity contribution in [1.82, 2.24) is 9.78 Å². The summed E-state index contributed by atoms with van der Waals surface area (Å²) in [5.41, 5.74) is 1.03. The lowest BCUT2D eigenvalue weighted by molar-refractivity contribution is 0.835. The second-order valence-electron chi connectivity index (χ2n) is 3.32. The molecule has 3 nitrogen and oxygen atoms in total. The van der Waals surface area contributed by atoms with Gasteiger partial charge in [0.05, 0.1) is 10.0 Å². The maximum Gasteiger partial charge on any atom is 0.264 e. The van der Waals surface area contributed by atoms with Gasteiger partial charge in [-0.1, -0.05) is 34.8 Å². The van der Waals surface area contributed by atoms with E-state index < -0.39 is 0 Å². The van der Waals surface area contributed by atoms with Crippen LogP contribution in [-0.2, 0) is 0 Å². The monoisotopic (exact) mass is 276 g/mol. The molecule has 0 unspecified atom stereocenters.